The minimum atomic E-state index is -0.326. The van der Waals surface area contributed by atoms with Crippen molar-refractivity contribution in [1.82, 2.24) is 0 Å². The third kappa shape index (κ3) is 3.00. The second-order valence-electron chi connectivity index (χ2n) is 4.05. The van der Waals surface area contributed by atoms with Crippen molar-refractivity contribution in [2.75, 3.05) is 5.32 Å². The van der Waals surface area contributed by atoms with E-state index < -0.39 is 0 Å². The van der Waals surface area contributed by atoms with Crippen molar-refractivity contribution in [3.63, 3.8) is 0 Å². The lowest BCUT2D eigenvalue weighted by molar-refractivity contribution is 0.102. The monoisotopic (exact) mass is 295 g/mol. The Balaban J connectivity index is 2.31. The van der Waals surface area contributed by atoms with Crippen LogP contribution in [0.2, 0.25) is 10.0 Å². The molecule has 0 saturated carbocycles. The molecule has 5 heteroatoms. The van der Waals surface area contributed by atoms with Gasteiger partial charge in [-0.2, -0.15) is 0 Å². The Morgan fingerprint density at radius 3 is 2.37 bits per heavy atom. The highest BCUT2D eigenvalue weighted by Gasteiger charge is 2.13. The summed E-state index contributed by atoms with van der Waals surface area (Å²) in [4.78, 5) is 12.1. The maximum absolute atomic E-state index is 12.1. The van der Waals surface area contributed by atoms with E-state index in [4.69, 9.17) is 23.2 Å². The third-order valence-corrected chi connectivity index (χ3v) is 3.29. The van der Waals surface area contributed by atoms with Gasteiger partial charge in [-0.1, -0.05) is 29.3 Å². The van der Waals surface area contributed by atoms with Crippen LogP contribution in [-0.2, 0) is 0 Å². The fraction of sp³-hybridized carbons (Fsp3) is 0.0714. The molecule has 0 aliphatic rings. The average Bonchev–Trinajstić information content (AvgIpc) is 2.33. The van der Waals surface area contributed by atoms with Gasteiger partial charge in [0.2, 0.25) is 0 Å². The smallest absolute Gasteiger partial charge is 0.256 e. The molecule has 0 unspecified atom stereocenters. The van der Waals surface area contributed by atoms with Crippen LogP contribution in [0.1, 0.15) is 15.9 Å². The number of phenols is 1. The van der Waals surface area contributed by atoms with Crippen molar-refractivity contribution in [3.05, 3.63) is 57.6 Å². The number of nitrogens with one attached hydrogen (secondary N) is 1. The lowest BCUT2D eigenvalue weighted by atomic mass is 10.1. The van der Waals surface area contributed by atoms with Gasteiger partial charge in [0.25, 0.3) is 5.91 Å². The first kappa shape index (κ1) is 13.7. The fourth-order valence-corrected chi connectivity index (χ4v) is 2.19. The highest BCUT2D eigenvalue weighted by molar-refractivity contribution is 6.40. The largest absolute Gasteiger partial charge is 0.508 e. The van der Waals surface area contributed by atoms with Crippen molar-refractivity contribution >= 4 is 34.8 Å². The van der Waals surface area contributed by atoms with Gasteiger partial charge in [0.1, 0.15) is 5.75 Å². The first-order chi connectivity index (χ1) is 8.99. The van der Waals surface area contributed by atoms with Crippen LogP contribution in [0.25, 0.3) is 0 Å². The molecule has 98 valence electrons. The summed E-state index contributed by atoms with van der Waals surface area (Å²) in [6.07, 6.45) is 0. The minimum Gasteiger partial charge on any atom is -0.508 e. The molecular weight excluding hydrogens is 285 g/mol. The number of hydrogen-bond acceptors (Lipinski definition) is 2. The molecule has 1 amide bonds. The second-order valence-corrected chi connectivity index (χ2v) is 4.86. The number of carbonyl (C=O) groups is 1. The van der Waals surface area contributed by atoms with Gasteiger partial charge in [-0.25, -0.2) is 0 Å². The van der Waals surface area contributed by atoms with Crippen LogP contribution in [0.15, 0.2) is 36.4 Å². The second kappa shape index (κ2) is 5.51. The average molecular weight is 296 g/mol. The van der Waals surface area contributed by atoms with Crippen molar-refractivity contribution in [2.45, 2.75) is 6.92 Å². The summed E-state index contributed by atoms with van der Waals surface area (Å²) in [5.74, 6) is -0.211. The zero-order chi connectivity index (χ0) is 14.0. The van der Waals surface area contributed by atoms with Crippen molar-refractivity contribution in [1.29, 1.82) is 0 Å². The maximum atomic E-state index is 12.1. The van der Waals surface area contributed by atoms with Gasteiger partial charge in [0, 0.05) is 5.56 Å². The predicted octanol–water partition coefficient (Wildman–Crippen LogP) is 4.26. The van der Waals surface area contributed by atoms with Gasteiger partial charge in [0.05, 0.1) is 15.7 Å². The van der Waals surface area contributed by atoms with Crippen LogP contribution in [0.5, 0.6) is 5.75 Å². The Bertz CT molecular complexity index is 621. The lowest BCUT2D eigenvalue weighted by Crippen LogP contribution is -2.13. The van der Waals surface area contributed by atoms with Crippen molar-refractivity contribution in [3.8, 4) is 5.75 Å². The van der Waals surface area contributed by atoms with Crippen LogP contribution in [0.4, 0.5) is 5.69 Å². The van der Waals surface area contributed by atoms with Gasteiger partial charge >= 0.3 is 0 Å². The Morgan fingerprint density at radius 1 is 1.16 bits per heavy atom. The molecule has 2 aromatic carbocycles. The molecule has 0 fully saturated rings. The maximum Gasteiger partial charge on any atom is 0.256 e. The SMILES string of the molecule is Cc1cc(O)ccc1C(=O)Nc1c(Cl)cccc1Cl. The number of hydrogen-bond donors (Lipinski definition) is 2. The molecule has 3 nitrogen and oxygen atoms in total. The van der Waals surface area contributed by atoms with E-state index in [0.717, 1.165) is 0 Å². The van der Waals surface area contributed by atoms with Gasteiger partial charge in [0.15, 0.2) is 0 Å². The molecule has 0 bridgehead atoms. The summed E-state index contributed by atoms with van der Waals surface area (Å²) in [5.41, 5.74) is 1.50. The van der Waals surface area contributed by atoms with Crippen LogP contribution >= 0.6 is 23.2 Å². The summed E-state index contributed by atoms with van der Waals surface area (Å²) in [5, 5.41) is 12.7. The quantitative estimate of drug-likeness (QED) is 0.870. The molecular formula is C14H11Cl2NO2. The van der Waals surface area contributed by atoms with Gasteiger partial charge in [-0.3, -0.25) is 4.79 Å². The summed E-state index contributed by atoms with van der Waals surface area (Å²) in [7, 11) is 0. The predicted molar refractivity (Wildman–Crippen MR) is 77.3 cm³/mol. The fourth-order valence-electron chi connectivity index (χ4n) is 1.70. The van der Waals surface area contributed by atoms with Gasteiger partial charge in [-0.05, 0) is 42.8 Å². The zero-order valence-electron chi connectivity index (χ0n) is 10.1. The van der Waals surface area contributed by atoms with Crippen molar-refractivity contribution < 1.29 is 9.90 Å². The molecule has 0 aliphatic carbocycles. The first-order valence-electron chi connectivity index (χ1n) is 5.54. The molecule has 0 heterocycles. The molecule has 2 aromatic rings. The van der Waals surface area contributed by atoms with E-state index in [-0.39, 0.29) is 11.7 Å². The van der Waals surface area contributed by atoms with Crippen LogP contribution in [-0.4, -0.2) is 11.0 Å². The molecule has 0 aliphatic heterocycles. The molecule has 19 heavy (non-hydrogen) atoms. The number of rotatable bonds is 2. The van der Waals surface area contributed by atoms with E-state index >= 15 is 0 Å². The summed E-state index contributed by atoms with van der Waals surface area (Å²) in [6.45, 7) is 1.74. The number of halogens is 2. The standard InChI is InChI=1S/C14H11Cl2NO2/c1-8-7-9(18)5-6-10(8)14(19)17-13-11(15)3-2-4-12(13)16/h2-7,18H,1H3,(H,17,19). The van der Waals surface area contributed by atoms with E-state index in [1.54, 1.807) is 31.2 Å². The molecule has 2 rings (SSSR count). The molecule has 0 radical (unpaired) electrons. The summed E-state index contributed by atoms with van der Waals surface area (Å²) >= 11 is 12.0. The molecule has 2 N–H and O–H groups in total. The number of amides is 1. The van der Waals surface area contributed by atoms with Gasteiger partial charge < -0.3 is 10.4 Å². The summed E-state index contributed by atoms with van der Waals surface area (Å²) < 4.78 is 0. The van der Waals surface area contributed by atoms with E-state index in [0.29, 0.717) is 26.9 Å². The van der Waals surface area contributed by atoms with Crippen LogP contribution in [0.3, 0.4) is 0 Å². The Kier molecular flexibility index (Phi) is 3.98. The molecule has 0 spiro atoms. The van der Waals surface area contributed by atoms with Crippen molar-refractivity contribution in [2.24, 2.45) is 0 Å². The normalized spacial score (nSPS) is 10.3. The summed E-state index contributed by atoms with van der Waals surface area (Å²) in [6, 6.07) is 9.51. The van der Waals surface area contributed by atoms with Gasteiger partial charge in [-0.15, -0.1) is 0 Å². The van der Waals surface area contributed by atoms with Crippen LogP contribution in [0, 0.1) is 6.92 Å². The van der Waals surface area contributed by atoms with Crippen LogP contribution < -0.4 is 5.32 Å². The highest BCUT2D eigenvalue weighted by atomic mass is 35.5. The number of aryl methyl sites for hydroxylation is 1. The topological polar surface area (TPSA) is 49.3 Å². The van der Waals surface area contributed by atoms with E-state index in [2.05, 4.69) is 5.32 Å². The number of anilines is 1. The number of para-hydroxylation sites is 1. The lowest BCUT2D eigenvalue weighted by Gasteiger charge is -2.10. The Labute approximate surface area is 120 Å². The molecule has 0 atom stereocenters. The Hall–Kier alpha value is -1.71. The first-order valence-corrected chi connectivity index (χ1v) is 6.29. The Morgan fingerprint density at radius 2 is 1.79 bits per heavy atom. The van der Waals surface area contributed by atoms with E-state index in [9.17, 15) is 9.90 Å². The minimum absolute atomic E-state index is 0.116. The number of phenolic OH excluding ortho intramolecular Hbond substituents is 1. The van der Waals surface area contributed by atoms with E-state index in [1.165, 1.54) is 12.1 Å². The molecule has 0 aromatic heterocycles. The van der Waals surface area contributed by atoms with E-state index in [1.807, 2.05) is 0 Å². The highest BCUT2D eigenvalue weighted by Crippen LogP contribution is 2.30. The third-order valence-electron chi connectivity index (χ3n) is 2.66. The number of aromatic hydroxyl groups is 1. The zero-order valence-corrected chi connectivity index (χ0v) is 11.6. The molecule has 0 saturated heterocycles. The number of carbonyl (C=O) groups excluding carboxylic acids is 1. The number of benzene rings is 2.